The fourth-order valence-electron chi connectivity index (χ4n) is 1.12. The predicted molar refractivity (Wildman–Crippen MR) is 50.2 cm³/mol. The lowest BCUT2D eigenvalue weighted by Crippen LogP contribution is -2.00. The van der Waals surface area contributed by atoms with Crippen LogP contribution in [0.2, 0.25) is 0 Å². The molecular formula is C8H8BrN3. The molecule has 0 saturated carbocycles. The summed E-state index contributed by atoms with van der Waals surface area (Å²) in [5, 5.41) is 4.17. The summed E-state index contributed by atoms with van der Waals surface area (Å²) in [6.45, 7) is 0. The standard InChI is InChI=1S/C8H8BrN3/c1-11-4-2-3-8(11)12-6-7(9)5-10-12/h2-6H,1H3. The van der Waals surface area contributed by atoms with Gasteiger partial charge in [0, 0.05) is 19.4 Å². The first-order chi connectivity index (χ1) is 5.77. The highest BCUT2D eigenvalue weighted by Gasteiger charge is 2.00. The molecule has 62 valence electrons. The number of aromatic nitrogens is 3. The molecule has 0 saturated heterocycles. The Morgan fingerprint density at radius 1 is 1.50 bits per heavy atom. The summed E-state index contributed by atoms with van der Waals surface area (Å²) >= 11 is 3.35. The normalized spacial score (nSPS) is 10.5. The third-order valence-corrected chi connectivity index (χ3v) is 2.11. The van der Waals surface area contributed by atoms with E-state index in [0.29, 0.717) is 0 Å². The second-order valence-corrected chi connectivity index (χ2v) is 3.50. The number of rotatable bonds is 1. The van der Waals surface area contributed by atoms with Gasteiger partial charge in [0.1, 0.15) is 5.82 Å². The van der Waals surface area contributed by atoms with Crippen LogP contribution in [0.15, 0.2) is 35.2 Å². The van der Waals surface area contributed by atoms with E-state index < -0.39 is 0 Å². The van der Waals surface area contributed by atoms with Crippen LogP contribution in [-0.2, 0) is 7.05 Å². The lowest BCUT2D eigenvalue weighted by atomic mass is 10.6. The van der Waals surface area contributed by atoms with Crippen LogP contribution >= 0.6 is 15.9 Å². The average Bonchev–Trinajstić information content (AvgIpc) is 2.58. The molecule has 0 aliphatic rings. The van der Waals surface area contributed by atoms with E-state index in [1.807, 2.05) is 40.8 Å². The minimum atomic E-state index is 0.990. The third-order valence-electron chi connectivity index (χ3n) is 1.70. The summed E-state index contributed by atoms with van der Waals surface area (Å²) in [6, 6.07) is 4.00. The molecular weight excluding hydrogens is 218 g/mol. The summed E-state index contributed by atoms with van der Waals surface area (Å²) in [4.78, 5) is 0. The number of hydrogen-bond acceptors (Lipinski definition) is 1. The van der Waals surface area contributed by atoms with Gasteiger partial charge < -0.3 is 4.57 Å². The van der Waals surface area contributed by atoms with Crippen molar-refractivity contribution in [1.29, 1.82) is 0 Å². The monoisotopic (exact) mass is 225 g/mol. The summed E-state index contributed by atoms with van der Waals surface area (Å²) < 4.78 is 4.83. The maximum atomic E-state index is 4.17. The van der Waals surface area contributed by atoms with Crippen molar-refractivity contribution in [3.63, 3.8) is 0 Å². The van der Waals surface area contributed by atoms with E-state index in [-0.39, 0.29) is 0 Å². The van der Waals surface area contributed by atoms with Gasteiger partial charge in [-0.1, -0.05) is 0 Å². The van der Waals surface area contributed by atoms with Gasteiger partial charge in [-0.25, -0.2) is 4.68 Å². The average molecular weight is 226 g/mol. The first-order valence-corrected chi connectivity index (χ1v) is 4.38. The van der Waals surface area contributed by atoms with Crippen molar-refractivity contribution in [2.75, 3.05) is 0 Å². The number of nitrogens with zero attached hydrogens (tertiary/aromatic N) is 3. The zero-order valence-corrected chi connectivity index (χ0v) is 8.19. The molecule has 0 fully saturated rings. The van der Waals surface area contributed by atoms with Gasteiger partial charge in [0.15, 0.2) is 0 Å². The highest BCUT2D eigenvalue weighted by Crippen LogP contribution is 2.11. The Morgan fingerprint density at radius 2 is 2.33 bits per heavy atom. The minimum Gasteiger partial charge on any atom is -0.336 e. The van der Waals surface area contributed by atoms with Crippen molar-refractivity contribution in [3.05, 3.63) is 35.2 Å². The molecule has 0 aromatic carbocycles. The molecule has 3 nitrogen and oxygen atoms in total. The molecule has 0 atom stereocenters. The highest BCUT2D eigenvalue weighted by atomic mass is 79.9. The van der Waals surface area contributed by atoms with E-state index in [1.54, 1.807) is 6.20 Å². The van der Waals surface area contributed by atoms with Gasteiger partial charge >= 0.3 is 0 Å². The molecule has 2 aromatic rings. The van der Waals surface area contributed by atoms with Gasteiger partial charge in [0.25, 0.3) is 0 Å². The van der Waals surface area contributed by atoms with E-state index in [2.05, 4.69) is 21.0 Å². The van der Waals surface area contributed by atoms with E-state index in [4.69, 9.17) is 0 Å². The number of halogens is 1. The molecule has 12 heavy (non-hydrogen) atoms. The second-order valence-electron chi connectivity index (χ2n) is 2.58. The first kappa shape index (κ1) is 7.61. The fraction of sp³-hybridized carbons (Fsp3) is 0.125. The van der Waals surface area contributed by atoms with Crippen LogP contribution < -0.4 is 0 Å². The van der Waals surface area contributed by atoms with Gasteiger partial charge in [0.05, 0.1) is 10.7 Å². The maximum absolute atomic E-state index is 4.17. The van der Waals surface area contributed by atoms with Crippen molar-refractivity contribution in [2.45, 2.75) is 0 Å². The molecule has 0 N–H and O–H groups in total. The molecule has 4 heteroatoms. The quantitative estimate of drug-likeness (QED) is 0.728. The van der Waals surface area contributed by atoms with E-state index in [1.165, 1.54) is 0 Å². The Bertz CT molecular complexity index is 388. The summed E-state index contributed by atoms with van der Waals surface area (Å²) in [5.74, 6) is 1.06. The Hall–Kier alpha value is -1.03. The maximum Gasteiger partial charge on any atom is 0.133 e. The van der Waals surface area contributed by atoms with Crippen LogP contribution in [-0.4, -0.2) is 14.3 Å². The topological polar surface area (TPSA) is 22.8 Å². The minimum absolute atomic E-state index is 0.990. The van der Waals surface area contributed by atoms with Gasteiger partial charge in [0.2, 0.25) is 0 Å². The van der Waals surface area contributed by atoms with Crippen molar-refractivity contribution in [1.82, 2.24) is 14.3 Å². The molecule has 0 aliphatic carbocycles. The molecule has 2 heterocycles. The molecule has 0 bridgehead atoms. The third kappa shape index (κ3) is 1.18. The zero-order valence-electron chi connectivity index (χ0n) is 6.61. The van der Waals surface area contributed by atoms with Crippen LogP contribution in [0.25, 0.3) is 5.82 Å². The lowest BCUT2D eigenvalue weighted by molar-refractivity contribution is 0.774. The van der Waals surface area contributed by atoms with Crippen LogP contribution in [0.5, 0.6) is 0 Å². The van der Waals surface area contributed by atoms with Gasteiger partial charge in [-0.15, -0.1) is 0 Å². The molecule has 2 aromatic heterocycles. The van der Waals surface area contributed by atoms with Crippen molar-refractivity contribution in [3.8, 4) is 5.82 Å². The molecule has 0 aliphatic heterocycles. The smallest absolute Gasteiger partial charge is 0.133 e. The van der Waals surface area contributed by atoms with Gasteiger partial charge in [-0.05, 0) is 28.1 Å². The zero-order chi connectivity index (χ0) is 8.55. The first-order valence-electron chi connectivity index (χ1n) is 3.59. The Kier molecular flexibility index (Phi) is 1.77. The van der Waals surface area contributed by atoms with E-state index in [0.717, 1.165) is 10.3 Å². The van der Waals surface area contributed by atoms with Crippen molar-refractivity contribution in [2.24, 2.45) is 7.05 Å². The van der Waals surface area contributed by atoms with E-state index >= 15 is 0 Å². The summed E-state index contributed by atoms with van der Waals surface area (Å²) in [7, 11) is 1.99. The predicted octanol–water partition coefficient (Wildman–Crippen LogP) is 1.97. The summed E-state index contributed by atoms with van der Waals surface area (Å²) in [5.41, 5.74) is 0. The van der Waals surface area contributed by atoms with Crippen LogP contribution in [0.4, 0.5) is 0 Å². The molecule has 0 unspecified atom stereocenters. The van der Waals surface area contributed by atoms with Crippen molar-refractivity contribution < 1.29 is 0 Å². The molecule has 0 amide bonds. The summed E-state index contributed by atoms with van der Waals surface area (Å²) in [6.07, 6.45) is 5.69. The molecule has 2 rings (SSSR count). The van der Waals surface area contributed by atoms with Crippen LogP contribution in [0, 0.1) is 0 Å². The van der Waals surface area contributed by atoms with Crippen LogP contribution in [0.1, 0.15) is 0 Å². The van der Waals surface area contributed by atoms with Crippen molar-refractivity contribution >= 4 is 15.9 Å². The number of aryl methyl sites for hydroxylation is 1. The lowest BCUT2D eigenvalue weighted by Gasteiger charge is -2.00. The molecule has 0 radical (unpaired) electrons. The van der Waals surface area contributed by atoms with Crippen LogP contribution in [0.3, 0.4) is 0 Å². The fourth-order valence-corrected chi connectivity index (χ4v) is 1.40. The largest absolute Gasteiger partial charge is 0.336 e. The second kappa shape index (κ2) is 2.79. The Labute approximate surface area is 78.7 Å². The van der Waals surface area contributed by atoms with Gasteiger partial charge in [-0.2, -0.15) is 5.10 Å². The Balaban J connectivity index is 2.50. The highest BCUT2D eigenvalue weighted by molar-refractivity contribution is 9.10. The SMILES string of the molecule is Cn1cccc1-n1cc(Br)cn1. The number of hydrogen-bond donors (Lipinski definition) is 0. The molecule has 0 spiro atoms. The van der Waals surface area contributed by atoms with Gasteiger partial charge in [-0.3, -0.25) is 0 Å². The Morgan fingerprint density at radius 3 is 2.83 bits per heavy atom. The van der Waals surface area contributed by atoms with E-state index in [9.17, 15) is 0 Å².